The first-order chi connectivity index (χ1) is 6.80. The second-order valence-electron chi connectivity index (χ2n) is 3.76. The average molecular weight is 292 g/mol. The molecule has 0 aliphatic rings. The van der Waals surface area contributed by atoms with Gasteiger partial charge in [0.25, 0.3) is 0 Å². The van der Waals surface area contributed by atoms with Crippen LogP contribution in [0.15, 0.2) is 12.3 Å². The summed E-state index contributed by atoms with van der Waals surface area (Å²) in [5.41, 5.74) is 1.48. The minimum absolute atomic E-state index is 0.119. The van der Waals surface area contributed by atoms with E-state index in [0.717, 1.165) is 5.56 Å². The first-order valence-electron chi connectivity index (χ1n) is 4.43. The lowest BCUT2D eigenvalue weighted by Gasteiger charge is -2.15. The summed E-state index contributed by atoms with van der Waals surface area (Å²) in [4.78, 5) is 15.6. The summed E-state index contributed by atoms with van der Waals surface area (Å²) in [5, 5.41) is 3.19. The zero-order chi connectivity index (χ0) is 11.6. The van der Waals surface area contributed by atoms with Gasteiger partial charge < -0.3 is 5.32 Å². The summed E-state index contributed by atoms with van der Waals surface area (Å²) >= 11 is 9.05. The van der Waals surface area contributed by atoms with Crippen LogP contribution in [0, 0.1) is 6.92 Å². The van der Waals surface area contributed by atoms with Crippen LogP contribution in [0.2, 0.25) is 5.15 Å². The molecule has 1 N–H and O–H groups in total. The molecule has 0 aliphatic heterocycles. The summed E-state index contributed by atoms with van der Waals surface area (Å²) < 4.78 is -0.597. The average Bonchev–Trinajstić information content (AvgIpc) is 2.10. The molecule has 82 valence electrons. The van der Waals surface area contributed by atoms with E-state index in [1.54, 1.807) is 19.9 Å². The number of aromatic nitrogens is 1. The number of aryl methyl sites for hydroxylation is 1. The van der Waals surface area contributed by atoms with Gasteiger partial charge in [0.15, 0.2) is 0 Å². The molecule has 0 unspecified atom stereocenters. The van der Waals surface area contributed by atoms with Gasteiger partial charge in [-0.1, -0.05) is 27.5 Å². The summed E-state index contributed by atoms with van der Waals surface area (Å²) in [6.07, 6.45) is 1.53. The maximum absolute atomic E-state index is 11.6. The van der Waals surface area contributed by atoms with Crippen LogP contribution in [-0.2, 0) is 4.79 Å². The third-order valence-electron chi connectivity index (χ3n) is 1.81. The number of pyridine rings is 1. The van der Waals surface area contributed by atoms with Crippen molar-refractivity contribution in [1.82, 2.24) is 4.98 Å². The molecule has 0 bridgehead atoms. The molecule has 0 aromatic carbocycles. The number of amides is 1. The fourth-order valence-corrected chi connectivity index (χ4v) is 1.11. The molecule has 1 amide bonds. The molecule has 3 nitrogen and oxygen atoms in total. The predicted molar refractivity (Wildman–Crippen MR) is 65.6 cm³/mol. The molecule has 0 spiro atoms. The Kier molecular flexibility index (Phi) is 3.73. The molecular weight excluding hydrogens is 279 g/mol. The quantitative estimate of drug-likeness (QED) is 0.672. The van der Waals surface area contributed by atoms with E-state index in [4.69, 9.17) is 11.6 Å². The van der Waals surface area contributed by atoms with Crippen LogP contribution >= 0.6 is 27.5 Å². The van der Waals surface area contributed by atoms with E-state index >= 15 is 0 Å². The molecule has 0 atom stereocenters. The molecule has 1 rings (SSSR count). The normalized spacial score (nSPS) is 11.3. The van der Waals surface area contributed by atoms with Gasteiger partial charge in [-0.3, -0.25) is 4.79 Å². The summed E-state index contributed by atoms with van der Waals surface area (Å²) in [6.45, 7) is 5.39. The van der Waals surface area contributed by atoms with E-state index in [1.165, 1.54) is 6.20 Å². The van der Waals surface area contributed by atoms with Gasteiger partial charge in [0, 0.05) is 0 Å². The van der Waals surface area contributed by atoms with Gasteiger partial charge in [0.2, 0.25) is 5.91 Å². The molecule has 1 aromatic rings. The highest BCUT2D eigenvalue weighted by Crippen LogP contribution is 2.20. The molecule has 1 aromatic heterocycles. The SMILES string of the molecule is Cc1cc(NC(=O)C(C)(C)Br)cnc1Cl. The second-order valence-corrected chi connectivity index (χ2v) is 6.10. The third-order valence-corrected chi connectivity index (χ3v) is 2.57. The van der Waals surface area contributed by atoms with Gasteiger partial charge in [-0.05, 0) is 32.4 Å². The number of hydrogen-bond donors (Lipinski definition) is 1. The van der Waals surface area contributed by atoms with Gasteiger partial charge >= 0.3 is 0 Å². The van der Waals surface area contributed by atoms with Crippen LogP contribution in [-0.4, -0.2) is 15.2 Å². The zero-order valence-electron chi connectivity index (χ0n) is 8.77. The van der Waals surface area contributed by atoms with Crippen LogP contribution in [0.1, 0.15) is 19.4 Å². The molecule has 0 aliphatic carbocycles. The highest BCUT2D eigenvalue weighted by atomic mass is 79.9. The van der Waals surface area contributed by atoms with E-state index in [0.29, 0.717) is 10.8 Å². The molecule has 1 heterocycles. The van der Waals surface area contributed by atoms with Crippen LogP contribution < -0.4 is 5.32 Å². The van der Waals surface area contributed by atoms with Crippen molar-refractivity contribution in [2.45, 2.75) is 25.1 Å². The van der Waals surface area contributed by atoms with Crippen molar-refractivity contribution < 1.29 is 4.79 Å². The Morgan fingerprint density at radius 3 is 2.67 bits per heavy atom. The lowest BCUT2D eigenvalue weighted by molar-refractivity contribution is -0.117. The number of anilines is 1. The Balaban J connectivity index is 2.83. The zero-order valence-corrected chi connectivity index (χ0v) is 11.1. The Morgan fingerprint density at radius 2 is 2.20 bits per heavy atom. The number of hydrogen-bond acceptors (Lipinski definition) is 2. The molecule has 15 heavy (non-hydrogen) atoms. The molecule has 0 saturated heterocycles. The molecule has 0 radical (unpaired) electrons. The minimum Gasteiger partial charge on any atom is -0.324 e. The van der Waals surface area contributed by atoms with E-state index in [9.17, 15) is 4.79 Å². The first kappa shape index (κ1) is 12.5. The molecule has 5 heteroatoms. The van der Waals surface area contributed by atoms with Crippen LogP contribution in [0.4, 0.5) is 5.69 Å². The maximum Gasteiger partial charge on any atom is 0.240 e. The fraction of sp³-hybridized carbons (Fsp3) is 0.400. The Morgan fingerprint density at radius 1 is 1.60 bits per heavy atom. The summed E-state index contributed by atoms with van der Waals surface area (Å²) in [5.74, 6) is -0.119. The number of rotatable bonds is 2. The Bertz CT molecular complexity index is 387. The van der Waals surface area contributed by atoms with Crippen molar-refractivity contribution in [3.8, 4) is 0 Å². The third kappa shape index (κ3) is 3.47. The minimum atomic E-state index is -0.597. The number of carbonyl (C=O) groups excluding carboxylic acids is 1. The van der Waals surface area contributed by atoms with Gasteiger partial charge in [-0.2, -0.15) is 0 Å². The van der Waals surface area contributed by atoms with Crippen molar-refractivity contribution in [3.63, 3.8) is 0 Å². The highest BCUT2D eigenvalue weighted by molar-refractivity contribution is 9.10. The first-order valence-corrected chi connectivity index (χ1v) is 5.60. The second kappa shape index (κ2) is 4.49. The van der Waals surface area contributed by atoms with Crippen molar-refractivity contribution in [2.75, 3.05) is 5.32 Å². The maximum atomic E-state index is 11.6. The van der Waals surface area contributed by atoms with Gasteiger partial charge in [0.1, 0.15) is 5.15 Å². The number of nitrogens with one attached hydrogen (secondary N) is 1. The van der Waals surface area contributed by atoms with E-state index in [-0.39, 0.29) is 5.91 Å². The van der Waals surface area contributed by atoms with Gasteiger partial charge in [0.05, 0.1) is 16.2 Å². The van der Waals surface area contributed by atoms with Gasteiger partial charge in [-0.15, -0.1) is 0 Å². The predicted octanol–water partition coefficient (Wildman–Crippen LogP) is 3.16. The fourth-order valence-electron chi connectivity index (χ4n) is 0.906. The summed E-state index contributed by atoms with van der Waals surface area (Å²) in [6, 6.07) is 1.78. The topological polar surface area (TPSA) is 42.0 Å². The number of halogens is 2. The molecule has 0 fully saturated rings. The van der Waals surface area contributed by atoms with E-state index < -0.39 is 4.32 Å². The van der Waals surface area contributed by atoms with E-state index in [1.807, 2.05) is 6.92 Å². The number of nitrogens with zero attached hydrogens (tertiary/aromatic N) is 1. The molecule has 0 saturated carbocycles. The van der Waals surface area contributed by atoms with Crippen LogP contribution in [0.5, 0.6) is 0 Å². The van der Waals surface area contributed by atoms with Gasteiger partial charge in [-0.25, -0.2) is 4.98 Å². The van der Waals surface area contributed by atoms with Crippen molar-refractivity contribution in [3.05, 3.63) is 23.0 Å². The van der Waals surface area contributed by atoms with Crippen molar-refractivity contribution in [1.29, 1.82) is 0 Å². The van der Waals surface area contributed by atoms with Crippen molar-refractivity contribution in [2.24, 2.45) is 0 Å². The summed E-state index contributed by atoms with van der Waals surface area (Å²) in [7, 11) is 0. The highest BCUT2D eigenvalue weighted by Gasteiger charge is 2.23. The standard InChI is InChI=1S/C10H12BrClN2O/c1-6-4-7(5-13-8(6)12)14-9(15)10(2,3)11/h4-5H,1-3H3,(H,14,15). The Labute approximate surface area is 102 Å². The van der Waals surface area contributed by atoms with E-state index in [2.05, 4.69) is 26.2 Å². The Hall–Kier alpha value is -0.610. The lowest BCUT2D eigenvalue weighted by Crippen LogP contribution is -2.31. The molecular formula is C10H12BrClN2O. The number of alkyl halides is 1. The largest absolute Gasteiger partial charge is 0.324 e. The van der Waals surface area contributed by atoms with Crippen LogP contribution in [0.25, 0.3) is 0 Å². The monoisotopic (exact) mass is 290 g/mol. The smallest absolute Gasteiger partial charge is 0.240 e. The number of carbonyl (C=O) groups is 1. The van der Waals surface area contributed by atoms with Crippen molar-refractivity contribution >= 4 is 39.1 Å². The lowest BCUT2D eigenvalue weighted by atomic mass is 10.2. The van der Waals surface area contributed by atoms with Crippen LogP contribution in [0.3, 0.4) is 0 Å².